The van der Waals surface area contributed by atoms with Crippen LogP contribution in [0.1, 0.15) is 35.3 Å². The molecule has 1 heterocycles. The normalized spacial score (nSPS) is 13.7. The van der Waals surface area contributed by atoms with Crippen LogP contribution in [0.5, 0.6) is 0 Å². The van der Waals surface area contributed by atoms with Crippen LogP contribution >= 0.6 is 35.3 Å². The highest BCUT2D eigenvalue weighted by molar-refractivity contribution is 14.0. The Balaban J connectivity index is 0.00000338. The quantitative estimate of drug-likeness (QED) is 0.312. The molecule has 26 heavy (non-hydrogen) atoms. The molecule has 4 nitrogen and oxygen atoms in total. The smallest absolute Gasteiger partial charge is 0.191 e. The fourth-order valence-corrected chi connectivity index (χ4v) is 3.49. The van der Waals surface area contributed by atoms with Crippen molar-refractivity contribution in [2.75, 3.05) is 13.1 Å². The van der Waals surface area contributed by atoms with Crippen LogP contribution in [-0.4, -0.2) is 30.2 Å². The first-order valence-electron chi connectivity index (χ1n) is 8.51. The summed E-state index contributed by atoms with van der Waals surface area (Å²) in [6.45, 7) is 7.17. The number of hydrogen-bond acceptors (Lipinski definition) is 3. The number of rotatable bonds is 7. The van der Waals surface area contributed by atoms with Crippen molar-refractivity contribution < 1.29 is 9.50 Å². The topological polar surface area (TPSA) is 56.7 Å². The molecule has 2 atom stereocenters. The molecule has 2 unspecified atom stereocenters. The molecular weight excluding hydrogens is 464 g/mol. The summed E-state index contributed by atoms with van der Waals surface area (Å²) >= 11 is 1.80. The lowest BCUT2D eigenvalue weighted by molar-refractivity contribution is 0.187. The molecule has 144 valence electrons. The Morgan fingerprint density at radius 2 is 1.92 bits per heavy atom. The number of aliphatic hydroxyl groups is 1. The number of halogens is 2. The van der Waals surface area contributed by atoms with Gasteiger partial charge < -0.3 is 15.7 Å². The lowest BCUT2D eigenvalue weighted by Crippen LogP contribution is -2.43. The molecule has 0 bridgehead atoms. The number of aliphatic imine (C=N–C) groups is 1. The predicted octanol–water partition coefficient (Wildman–Crippen LogP) is 4.03. The number of guanidine groups is 1. The van der Waals surface area contributed by atoms with E-state index in [0.29, 0.717) is 11.5 Å². The van der Waals surface area contributed by atoms with Crippen molar-refractivity contribution in [2.45, 2.75) is 39.3 Å². The van der Waals surface area contributed by atoms with Gasteiger partial charge in [0.1, 0.15) is 5.82 Å². The third-order valence-electron chi connectivity index (χ3n) is 3.71. The summed E-state index contributed by atoms with van der Waals surface area (Å²) in [7, 11) is 0. The van der Waals surface area contributed by atoms with Gasteiger partial charge >= 0.3 is 0 Å². The van der Waals surface area contributed by atoms with Gasteiger partial charge in [0.25, 0.3) is 0 Å². The highest BCUT2D eigenvalue weighted by Gasteiger charge is 2.10. The van der Waals surface area contributed by atoms with Gasteiger partial charge in [0.05, 0.1) is 12.6 Å². The van der Waals surface area contributed by atoms with Gasteiger partial charge in [0, 0.05) is 28.8 Å². The van der Waals surface area contributed by atoms with Crippen molar-refractivity contribution >= 4 is 41.3 Å². The molecule has 1 aromatic carbocycles. The minimum Gasteiger partial charge on any atom is -0.386 e. The molecule has 0 saturated heterocycles. The largest absolute Gasteiger partial charge is 0.386 e. The van der Waals surface area contributed by atoms with Crippen LogP contribution in [0.15, 0.2) is 41.4 Å². The highest BCUT2D eigenvalue weighted by Crippen LogP contribution is 2.17. The summed E-state index contributed by atoms with van der Waals surface area (Å²) in [4.78, 5) is 7.10. The van der Waals surface area contributed by atoms with Crippen molar-refractivity contribution in [1.29, 1.82) is 0 Å². The third kappa shape index (κ3) is 7.59. The van der Waals surface area contributed by atoms with Crippen molar-refractivity contribution in [3.05, 3.63) is 57.5 Å². The molecule has 0 radical (unpaired) electrons. The van der Waals surface area contributed by atoms with E-state index in [1.807, 2.05) is 6.92 Å². The maximum absolute atomic E-state index is 13.0. The molecule has 0 saturated carbocycles. The van der Waals surface area contributed by atoms with Crippen molar-refractivity contribution in [1.82, 2.24) is 10.6 Å². The first kappa shape index (κ1) is 22.9. The Morgan fingerprint density at radius 1 is 1.23 bits per heavy atom. The summed E-state index contributed by atoms with van der Waals surface area (Å²) in [5.74, 6) is 0.358. The Morgan fingerprint density at radius 3 is 2.50 bits per heavy atom. The number of nitrogens with zero attached hydrogens (tertiary/aromatic N) is 1. The number of nitrogens with one attached hydrogen (secondary N) is 2. The number of benzene rings is 1. The fraction of sp³-hybridized carbons (Fsp3) is 0.421. The van der Waals surface area contributed by atoms with Crippen LogP contribution in [0.3, 0.4) is 0 Å². The van der Waals surface area contributed by atoms with Gasteiger partial charge in [-0.2, -0.15) is 0 Å². The molecule has 3 N–H and O–H groups in total. The van der Waals surface area contributed by atoms with E-state index in [0.717, 1.165) is 13.0 Å². The van der Waals surface area contributed by atoms with Crippen LogP contribution in [-0.2, 0) is 6.42 Å². The number of hydrogen-bond donors (Lipinski definition) is 3. The lowest BCUT2D eigenvalue weighted by Gasteiger charge is -2.18. The molecule has 0 aliphatic rings. The van der Waals surface area contributed by atoms with Crippen LogP contribution in [0.2, 0.25) is 0 Å². The average molecular weight is 491 g/mol. The van der Waals surface area contributed by atoms with E-state index < -0.39 is 6.10 Å². The lowest BCUT2D eigenvalue weighted by atomic mass is 10.1. The van der Waals surface area contributed by atoms with E-state index in [1.165, 1.54) is 21.9 Å². The summed E-state index contributed by atoms with van der Waals surface area (Å²) in [6.07, 6.45) is 0.162. The van der Waals surface area contributed by atoms with E-state index in [2.05, 4.69) is 41.6 Å². The van der Waals surface area contributed by atoms with Gasteiger partial charge in [-0.1, -0.05) is 12.1 Å². The second-order valence-electron chi connectivity index (χ2n) is 6.05. The first-order chi connectivity index (χ1) is 12.0. The zero-order valence-electron chi connectivity index (χ0n) is 15.3. The zero-order chi connectivity index (χ0) is 18.2. The van der Waals surface area contributed by atoms with E-state index in [4.69, 9.17) is 0 Å². The number of aliphatic hydroxyl groups excluding tert-OH is 1. The Kier molecular flexibility index (Phi) is 10.1. The molecular formula is C19H27FIN3OS. The predicted molar refractivity (Wildman–Crippen MR) is 118 cm³/mol. The highest BCUT2D eigenvalue weighted by atomic mass is 127. The standard InChI is InChI=1S/C19H26FN3OS.HI/c1-4-21-19(23-13(2)11-17-10-5-14(3)25-17)22-12-18(24)15-6-8-16(20)9-7-15;/h5-10,13,18,24H,4,11-12H2,1-3H3,(H2,21,22,23);1H. The Hall–Kier alpha value is -1.19. The van der Waals surface area contributed by atoms with Crippen LogP contribution in [0.4, 0.5) is 4.39 Å². The zero-order valence-corrected chi connectivity index (χ0v) is 18.5. The molecule has 0 amide bonds. The summed E-state index contributed by atoms with van der Waals surface area (Å²) in [5.41, 5.74) is 0.656. The van der Waals surface area contributed by atoms with Crippen molar-refractivity contribution in [3.8, 4) is 0 Å². The maximum Gasteiger partial charge on any atom is 0.191 e. The molecule has 0 fully saturated rings. The molecule has 0 aliphatic heterocycles. The van der Waals surface area contributed by atoms with Gasteiger partial charge in [0.15, 0.2) is 5.96 Å². The molecule has 0 aliphatic carbocycles. The van der Waals surface area contributed by atoms with E-state index in [9.17, 15) is 9.50 Å². The second-order valence-corrected chi connectivity index (χ2v) is 7.42. The number of thiophene rings is 1. The van der Waals surface area contributed by atoms with E-state index in [1.54, 1.807) is 23.5 Å². The monoisotopic (exact) mass is 491 g/mol. The van der Waals surface area contributed by atoms with Gasteiger partial charge in [-0.3, -0.25) is 4.99 Å². The van der Waals surface area contributed by atoms with Crippen LogP contribution in [0, 0.1) is 12.7 Å². The average Bonchev–Trinajstić information content (AvgIpc) is 2.98. The molecule has 7 heteroatoms. The van der Waals surface area contributed by atoms with E-state index >= 15 is 0 Å². The minimum absolute atomic E-state index is 0. The van der Waals surface area contributed by atoms with Gasteiger partial charge in [-0.25, -0.2) is 4.39 Å². The maximum atomic E-state index is 13.0. The van der Waals surface area contributed by atoms with Crippen LogP contribution in [0.25, 0.3) is 0 Å². The van der Waals surface area contributed by atoms with Gasteiger partial charge in [0.2, 0.25) is 0 Å². The molecule has 2 aromatic rings. The summed E-state index contributed by atoms with van der Waals surface area (Å²) < 4.78 is 13.0. The second kappa shape index (κ2) is 11.5. The third-order valence-corrected chi connectivity index (χ3v) is 4.73. The number of aryl methyl sites for hydroxylation is 1. The fourth-order valence-electron chi connectivity index (χ4n) is 2.47. The molecule has 1 aromatic heterocycles. The Bertz CT molecular complexity index is 690. The molecule has 2 rings (SSSR count). The minimum atomic E-state index is -0.758. The first-order valence-corrected chi connectivity index (χ1v) is 9.33. The van der Waals surface area contributed by atoms with Gasteiger partial charge in [-0.05, 0) is 50.6 Å². The van der Waals surface area contributed by atoms with Gasteiger partial charge in [-0.15, -0.1) is 35.3 Å². The Labute approximate surface area is 176 Å². The summed E-state index contributed by atoms with van der Waals surface area (Å²) in [6, 6.07) is 10.4. The van der Waals surface area contributed by atoms with Crippen molar-refractivity contribution in [3.63, 3.8) is 0 Å². The summed E-state index contributed by atoms with van der Waals surface area (Å²) in [5, 5.41) is 16.8. The van der Waals surface area contributed by atoms with Crippen molar-refractivity contribution in [2.24, 2.45) is 4.99 Å². The van der Waals surface area contributed by atoms with E-state index in [-0.39, 0.29) is 42.4 Å². The SMILES string of the molecule is CCNC(=NCC(O)c1ccc(F)cc1)NC(C)Cc1ccc(C)s1.I. The van der Waals surface area contributed by atoms with Crippen LogP contribution < -0.4 is 10.6 Å². The molecule has 0 spiro atoms.